The Morgan fingerprint density at radius 3 is 2.88 bits per heavy atom. The number of nitrogens with one attached hydrogen (secondary N) is 1. The minimum Gasteiger partial charge on any atom is -0.378 e. The molecule has 3 unspecified atom stereocenters. The van der Waals surface area contributed by atoms with Crippen molar-refractivity contribution in [2.75, 3.05) is 13.2 Å². The van der Waals surface area contributed by atoms with E-state index in [9.17, 15) is 0 Å². The quantitative estimate of drug-likeness (QED) is 0.901. The molecule has 2 heterocycles. The van der Waals surface area contributed by atoms with E-state index in [0.29, 0.717) is 12.0 Å². The fourth-order valence-corrected chi connectivity index (χ4v) is 3.78. The van der Waals surface area contributed by atoms with Gasteiger partial charge in [0.05, 0.1) is 14.8 Å². The van der Waals surface area contributed by atoms with Crippen LogP contribution in [0.4, 0.5) is 0 Å². The van der Waals surface area contributed by atoms with Gasteiger partial charge in [0.2, 0.25) is 0 Å². The molecule has 96 valence electrons. The first-order valence-electron chi connectivity index (χ1n) is 5.87. The molecule has 1 aromatic rings. The van der Waals surface area contributed by atoms with Crippen molar-refractivity contribution in [1.82, 2.24) is 5.32 Å². The van der Waals surface area contributed by atoms with Gasteiger partial charge in [0.25, 0.3) is 0 Å². The second-order valence-corrected chi connectivity index (χ2v) is 6.82. The smallest absolute Gasteiger partial charge is 0.0991 e. The predicted molar refractivity (Wildman–Crippen MR) is 74.3 cm³/mol. The van der Waals surface area contributed by atoms with E-state index in [1.807, 2.05) is 6.07 Å². The van der Waals surface area contributed by atoms with Gasteiger partial charge in [-0.2, -0.15) is 0 Å². The van der Waals surface area contributed by atoms with E-state index in [0.717, 1.165) is 33.8 Å². The number of rotatable bonds is 4. The zero-order chi connectivity index (χ0) is 12.4. The molecule has 1 N–H and O–H groups in total. The average Bonchev–Trinajstić information content (AvgIpc) is 2.81. The van der Waals surface area contributed by atoms with Gasteiger partial charge in [0.15, 0.2) is 0 Å². The maximum Gasteiger partial charge on any atom is 0.0991 e. The van der Waals surface area contributed by atoms with Crippen molar-refractivity contribution < 1.29 is 4.74 Å². The molecular formula is C12H17Cl2NOS. The highest BCUT2D eigenvalue weighted by Crippen LogP contribution is 2.35. The molecule has 17 heavy (non-hydrogen) atoms. The summed E-state index contributed by atoms with van der Waals surface area (Å²) in [5.74, 6) is 0.602. The molecule has 0 spiro atoms. The van der Waals surface area contributed by atoms with Crippen LogP contribution in [0.15, 0.2) is 6.07 Å². The molecule has 0 radical (unpaired) electrons. The van der Waals surface area contributed by atoms with Gasteiger partial charge in [-0.05, 0) is 37.8 Å². The molecule has 1 aliphatic rings. The first kappa shape index (κ1) is 13.6. The summed E-state index contributed by atoms with van der Waals surface area (Å²) in [5.41, 5.74) is 1.09. The van der Waals surface area contributed by atoms with E-state index < -0.39 is 0 Å². The minimum absolute atomic E-state index is 0.235. The van der Waals surface area contributed by atoms with Crippen molar-refractivity contribution in [2.24, 2.45) is 5.92 Å². The van der Waals surface area contributed by atoms with Crippen LogP contribution in [0.3, 0.4) is 0 Å². The molecule has 0 saturated carbocycles. The van der Waals surface area contributed by atoms with Gasteiger partial charge in [0.1, 0.15) is 0 Å². The van der Waals surface area contributed by atoms with Crippen molar-refractivity contribution in [2.45, 2.75) is 32.4 Å². The zero-order valence-corrected chi connectivity index (χ0v) is 12.3. The molecule has 0 aromatic carbocycles. The molecule has 1 aliphatic heterocycles. The number of ether oxygens (including phenoxy) is 1. The third kappa shape index (κ3) is 3.36. The Balaban J connectivity index is 1.88. The lowest BCUT2D eigenvalue weighted by atomic mass is 10.0. The first-order valence-corrected chi connectivity index (χ1v) is 7.45. The standard InChI is InChI=1S/C12H17Cl2NOS/c1-7(10-5-11(13)17-12(10)14)15-6-9-3-4-16-8(9)2/h5,7-9,15H,3-4,6H2,1-2H3. The summed E-state index contributed by atoms with van der Waals surface area (Å²) < 4.78 is 7.08. The topological polar surface area (TPSA) is 21.3 Å². The molecule has 2 nitrogen and oxygen atoms in total. The Labute approximate surface area is 116 Å². The lowest BCUT2D eigenvalue weighted by Gasteiger charge is -2.19. The van der Waals surface area contributed by atoms with Gasteiger partial charge in [-0.1, -0.05) is 23.2 Å². The Morgan fingerprint density at radius 2 is 2.35 bits per heavy atom. The maximum absolute atomic E-state index is 6.13. The summed E-state index contributed by atoms with van der Waals surface area (Å²) in [6, 6.07) is 2.18. The Kier molecular flexibility index (Phi) is 4.72. The fraction of sp³-hybridized carbons (Fsp3) is 0.667. The molecule has 3 atom stereocenters. The van der Waals surface area contributed by atoms with Gasteiger partial charge in [0, 0.05) is 19.2 Å². The SMILES string of the molecule is CC(NCC1CCOC1C)c1cc(Cl)sc1Cl. The Morgan fingerprint density at radius 1 is 1.59 bits per heavy atom. The minimum atomic E-state index is 0.235. The maximum atomic E-state index is 6.13. The number of hydrogen-bond donors (Lipinski definition) is 1. The highest BCUT2D eigenvalue weighted by molar-refractivity contribution is 7.20. The van der Waals surface area contributed by atoms with Crippen LogP contribution in [0.5, 0.6) is 0 Å². The molecular weight excluding hydrogens is 277 g/mol. The van der Waals surface area contributed by atoms with Crippen LogP contribution in [-0.2, 0) is 4.74 Å². The molecule has 2 rings (SSSR count). The van der Waals surface area contributed by atoms with Crippen molar-refractivity contribution in [1.29, 1.82) is 0 Å². The Bertz CT molecular complexity index is 383. The summed E-state index contributed by atoms with van der Waals surface area (Å²) in [6.07, 6.45) is 1.50. The predicted octanol–water partition coefficient (Wildman–Crippen LogP) is 4.13. The van der Waals surface area contributed by atoms with E-state index in [1.165, 1.54) is 11.3 Å². The largest absolute Gasteiger partial charge is 0.378 e. The number of thiophene rings is 1. The Hall–Kier alpha value is 0.200. The van der Waals surface area contributed by atoms with Crippen LogP contribution in [-0.4, -0.2) is 19.3 Å². The van der Waals surface area contributed by atoms with Crippen molar-refractivity contribution in [3.05, 3.63) is 20.3 Å². The molecule has 0 aliphatic carbocycles. The van der Waals surface area contributed by atoms with Crippen LogP contribution in [0.25, 0.3) is 0 Å². The van der Waals surface area contributed by atoms with Crippen LogP contribution < -0.4 is 5.32 Å². The van der Waals surface area contributed by atoms with Crippen molar-refractivity contribution >= 4 is 34.5 Å². The normalized spacial score (nSPS) is 26.4. The lowest BCUT2D eigenvalue weighted by molar-refractivity contribution is 0.105. The number of halogens is 2. The van der Waals surface area contributed by atoms with Crippen LogP contribution in [0.1, 0.15) is 31.9 Å². The highest BCUT2D eigenvalue weighted by atomic mass is 35.5. The third-order valence-corrected chi connectivity index (χ3v) is 4.89. The van der Waals surface area contributed by atoms with E-state index >= 15 is 0 Å². The van der Waals surface area contributed by atoms with Gasteiger partial charge in [-0.3, -0.25) is 0 Å². The third-order valence-electron chi connectivity index (χ3n) is 3.37. The number of hydrogen-bond acceptors (Lipinski definition) is 3. The summed E-state index contributed by atoms with van der Waals surface area (Å²) in [6.45, 7) is 6.10. The van der Waals surface area contributed by atoms with E-state index in [-0.39, 0.29) is 6.04 Å². The lowest BCUT2D eigenvalue weighted by Crippen LogP contribution is -2.29. The van der Waals surface area contributed by atoms with Gasteiger partial charge >= 0.3 is 0 Å². The monoisotopic (exact) mass is 293 g/mol. The molecule has 1 fully saturated rings. The van der Waals surface area contributed by atoms with Crippen molar-refractivity contribution in [3.63, 3.8) is 0 Å². The van der Waals surface area contributed by atoms with E-state index in [1.54, 1.807) is 0 Å². The molecule has 1 aromatic heterocycles. The molecule has 0 amide bonds. The highest BCUT2D eigenvalue weighted by Gasteiger charge is 2.24. The fourth-order valence-electron chi connectivity index (χ4n) is 2.13. The van der Waals surface area contributed by atoms with E-state index in [2.05, 4.69) is 19.2 Å². The van der Waals surface area contributed by atoms with Crippen LogP contribution in [0, 0.1) is 5.92 Å². The second-order valence-electron chi connectivity index (χ2n) is 4.53. The van der Waals surface area contributed by atoms with Gasteiger partial charge < -0.3 is 10.1 Å². The summed E-state index contributed by atoms with van der Waals surface area (Å²) in [4.78, 5) is 0. The summed E-state index contributed by atoms with van der Waals surface area (Å²) in [5, 5.41) is 3.51. The van der Waals surface area contributed by atoms with Crippen molar-refractivity contribution in [3.8, 4) is 0 Å². The zero-order valence-electron chi connectivity index (χ0n) is 10.0. The van der Waals surface area contributed by atoms with Gasteiger partial charge in [-0.25, -0.2) is 0 Å². The van der Waals surface area contributed by atoms with Crippen LogP contribution >= 0.6 is 34.5 Å². The molecule has 1 saturated heterocycles. The second kappa shape index (κ2) is 5.89. The van der Waals surface area contributed by atoms with Gasteiger partial charge in [-0.15, -0.1) is 11.3 Å². The van der Waals surface area contributed by atoms with Crippen LogP contribution in [0.2, 0.25) is 8.67 Å². The molecule has 0 bridgehead atoms. The van der Waals surface area contributed by atoms with E-state index in [4.69, 9.17) is 27.9 Å². The molecule has 5 heteroatoms. The first-order chi connectivity index (χ1) is 8.08. The average molecular weight is 294 g/mol. The summed E-state index contributed by atoms with van der Waals surface area (Å²) in [7, 11) is 0. The summed E-state index contributed by atoms with van der Waals surface area (Å²) >= 11 is 13.5.